The number of carbonyl (C=O) groups is 2. The molecule has 1 aromatic rings. The Morgan fingerprint density at radius 2 is 1.96 bits per heavy atom. The Hall–Kier alpha value is -1.45. The van der Waals surface area contributed by atoms with Gasteiger partial charge in [-0.1, -0.05) is 6.07 Å². The molecule has 0 aliphatic carbocycles. The van der Waals surface area contributed by atoms with Crippen LogP contribution in [0, 0.1) is 6.92 Å². The number of aryl methyl sites for hydroxylation is 1. The molecular formula is C15H21ClF3N3O2S. The highest BCUT2D eigenvalue weighted by Crippen LogP contribution is 2.18. The van der Waals surface area contributed by atoms with Crippen LogP contribution in [-0.4, -0.2) is 42.6 Å². The number of nitrogens with two attached hydrogens (primary N) is 1. The summed E-state index contributed by atoms with van der Waals surface area (Å²) in [5.41, 5.74) is 6.81. The van der Waals surface area contributed by atoms with Crippen LogP contribution < -0.4 is 16.4 Å². The van der Waals surface area contributed by atoms with Gasteiger partial charge in [-0.05, 0) is 43.0 Å². The van der Waals surface area contributed by atoms with E-state index in [1.807, 2.05) is 6.26 Å². The fourth-order valence-corrected chi connectivity index (χ4v) is 2.27. The van der Waals surface area contributed by atoms with E-state index >= 15 is 0 Å². The maximum Gasteiger partial charge on any atom is 0.405 e. The predicted octanol–water partition coefficient (Wildman–Crippen LogP) is 2.73. The molecule has 5 nitrogen and oxygen atoms in total. The molecule has 1 aromatic carbocycles. The standard InChI is InChI=1S/C15H20F3N3O2S.ClH/c1-9-3-4-10(13(22)20-8-15(16,17)18)7-12(9)21-14(23)11(19)5-6-24-2;/h3-4,7,11H,5-6,8,19H2,1-2H3,(H,20,22)(H,21,23);1H/t11-;/m0./s1. The first kappa shape index (κ1) is 23.5. The molecule has 0 fully saturated rings. The molecule has 0 bridgehead atoms. The molecule has 2 amide bonds. The molecule has 10 heteroatoms. The van der Waals surface area contributed by atoms with E-state index in [0.29, 0.717) is 17.7 Å². The Morgan fingerprint density at radius 3 is 2.52 bits per heavy atom. The fourth-order valence-electron chi connectivity index (χ4n) is 1.78. The van der Waals surface area contributed by atoms with Gasteiger partial charge in [-0.25, -0.2) is 0 Å². The van der Waals surface area contributed by atoms with Gasteiger partial charge in [-0.3, -0.25) is 9.59 Å². The van der Waals surface area contributed by atoms with Crippen molar-refractivity contribution in [2.75, 3.05) is 23.9 Å². The summed E-state index contributed by atoms with van der Waals surface area (Å²) in [6, 6.07) is 3.58. The van der Waals surface area contributed by atoms with Crippen LogP contribution in [0.25, 0.3) is 0 Å². The quantitative estimate of drug-likeness (QED) is 0.658. The van der Waals surface area contributed by atoms with Crippen molar-refractivity contribution < 1.29 is 22.8 Å². The molecule has 0 saturated heterocycles. The highest BCUT2D eigenvalue weighted by Gasteiger charge is 2.28. The highest BCUT2D eigenvalue weighted by atomic mass is 35.5. The maximum absolute atomic E-state index is 12.2. The van der Waals surface area contributed by atoms with E-state index in [2.05, 4.69) is 5.32 Å². The summed E-state index contributed by atoms with van der Waals surface area (Å²) in [4.78, 5) is 23.8. The maximum atomic E-state index is 12.2. The molecule has 0 unspecified atom stereocenters. The third-order valence-electron chi connectivity index (χ3n) is 3.18. The lowest BCUT2D eigenvalue weighted by atomic mass is 10.1. The average Bonchev–Trinajstić information content (AvgIpc) is 2.51. The SMILES string of the molecule is CSCC[C@H](N)C(=O)Nc1cc(C(=O)NCC(F)(F)F)ccc1C.Cl. The number of thioether (sulfide) groups is 1. The van der Waals surface area contributed by atoms with E-state index in [1.165, 1.54) is 12.1 Å². The van der Waals surface area contributed by atoms with Crippen molar-refractivity contribution in [3.05, 3.63) is 29.3 Å². The van der Waals surface area contributed by atoms with Gasteiger partial charge in [0.05, 0.1) is 6.04 Å². The molecule has 0 heterocycles. The highest BCUT2D eigenvalue weighted by molar-refractivity contribution is 7.98. The molecule has 1 atom stereocenters. The minimum atomic E-state index is -4.48. The molecule has 0 spiro atoms. The van der Waals surface area contributed by atoms with Crippen LogP contribution in [0.4, 0.5) is 18.9 Å². The topological polar surface area (TPSA) is 84.2 Å². The van der Waals surface area contributed by atoms with Gasteiger partial charge < -0.3 is 16.4 Å². The van der Waals surface area contributed by atoms with E-state index in [9.17, 15) is 22.8 Å². The van der Waals surface area contributed by atoms with E-state index in [-0.39, 0.29) is 18.0 Å². The van der Waals surface area contributed by atoms with Crippen molar-refractivity contribution >= 4 is 41.7 Å². The van der Waals surface area contributed by atoms with Crippen LogP contribution >= 0.6 is 24.2 Å². The second-order valence-electron chi connectivity index (χ2n) is 5.20. The third kappa shape index (κ3) is 8.46. The Bertz CT molecular complexity index is 600. The number of anilines is 1. The fraction of sp³-hybridized carbons (Fsp3) is 0.467. The summed E-state index contributed by atoms with van der Waals surface area (Å²) in [6.45, 7) is 0.293. The van der Waals surface area contributed by atoms with Crippen LogP contribution in [0.3, 0.4) is 0 Å². The zero-order valence-corrected chi connectivity index (χ0v) is 15.4. The van der Waals surface area contributed by atoms with Crippen LogP contribution in [0.15, 0.2) is 18.2 Å². The van der Waals surface area contributed by atoms with Crippen LogP contribution in [0.1, 0.15) is 22.3 Å². The number of hydrogen-bond acceptors (Lipinski definition) is 4. The van der Waals surface area contributed by atoms with Gasteiger partial charge in [-0.15, -0.1) is 12.4 Å². The van der Waals surface area contributed by atoms with Crippen LogP contribution in [0.5, 0.6) is 0 Å². The second kappa shape index (κ2) is 10.5. The molecule has 4 N–H and O–H groups in total. The second-order valence-corrected chi connectivity index (χ2v) is 6.19. The summed E-state index contributed by atoms with van der Waals surface area (Å²) < 4.78 is 36.5. The van der Waals surface area contributed by atoms with Gasteiger partial charge in [0.1, 0.15) is 6.54 Å². The van der Waals surface area contributed by atoms with Crippen molar-refractivity contribution in [3.8, 4) is 0 Å². The molecule has 1 rings (SSSR count). The lowest BCUT2D eigenvalue weighted by molar-refractivity contribution is -0.123. The Balaban J connectivity index is 0.00000576. The summed E-state index contributed by atoms with van der Waals surface area (Å²) in [5.74, 6) is -0.539. The summed E-state index contributed by atoms with van der Waals surface area (Å²) in [6.07, 6.45) is -2.09. The van der Waals surface area contributed by atoms with Crippen molar-refractivity contribution in [1.82, 2.24) is 5.32 Å². The molecule has 0 radical (unpaired) electrons. The zero-order chi connectivity index (χ0) is 18.3. The predicted molar refractivity (Wildman–Crippen MR) is 96.4 cm³/mol. The number of hydrogen-bond donors (Lipinski definition) is 3. The normalized spacial score (nSPS) is 12.1. The van der Waals surface area contributed by atoms with Crippen molar-refractivity contribution in [3.63, 3.8) is 0 Å². The van der Waals surface area contributed by atoms with Gasteiger partial charge in [0, 0.05) is 11.3 Å². The third-order valence-corrected chi connectivity index (χ3v) is 3.82. The number of benzene rings is 1. The van der Waals surface area contributed by atoms with Gasteiger partial charge in [-0.2, -0.15) is 24.9 Å². The summed E-state index contributed by atoms with van der Waals surface area (Å²) in [7, 11) is 0. The van der Waals surface area contributed by atoms with Crippen LogP contribution in [0.2, 0.25) is 0 Å². The van der Waals surface area contributed by atoms with Gasteiger partial charge in [0.15, 0.2) is 0 Å². The molecular weight excluding hydrogens is 379 g/mol. The summed E-state index contributed by atoms with van der Waals surface area (Å²) in [5, 5.41) is 4.40. The lowest BCUT2D eigenvalue weighted by Gasteiger charge is -2.14. The Kier molecular flexibility index (Phi) is 9.91. The van der Waals surface area contributed by atoms with Gasteiger partial charge in [0.25, 0.3) is 5.91 Å². The van der Waals surface area contributed by atoms with E-state index in [1.54, 1.807) is 30.1 Å². The number of rotatable bonds is 7. The number of carbonyl (C=O) groups excluding carboxylic acids is 2. The number of halogens is 4. The largest absolute Gasteiger partial charge is 0.405 e. The Labute approximate surface area is 154 Å². The molecule has 0 aromatic heterocycles. The first-order valence-electron chi connectivity index (χ1n) is 7.15. The molecule has 142 valence electrons. The van der Waals surface area contributed by atoms with Crippen molar-refractivity contribution in [2.24, 2.45) is 5.73 Å². The molecule has 25 heavy (non-hydrogen) atoms. The number of amides is 2. The number of nitrogens with one attached hydrogen (secondary N) is 2. The van der Waals surface area contributed by atoms with Gasteiger partial charge in [0.2, 0.25) is 5.91 Å². The average molecular weight is 400 g/mol. The monoisotopic (exact) mass is 399 g/mol. The minimum absolute atomic E-state index is 0. The van der Waals surface area contributed by atoms with Crippen molar-refractivity contribution in [1.29, 1.82) is 0 Å². The zero-order valence-electron chi connectivity index (χ0n) is 13.8. The molecule has 0 aliphatic rings. The van der Waals surface area contributed by atoms with E-state index in [4.69, 9.17) is 5.73 Å². The Morgan fingerprint density at radius 1 is 1.32 bits per heavy atom. The van der Waals surface area contributed by atoms with Crippen molar-refractivity contribution in [2.45, 2.75) is 25.6 Å². The lowest BCUT2D eigenvalue weighted by Crippen LogP contribution is -2.36. The smallest absolute Gasteiger partial charge is 0.343 e. The number of alkyl halides is 3. The minimum Gasteiger partial charge on any atom is -0.343 e. The first-order valence-corrected chi connectivity index (χ1v) is 8.54. The van der Waals surface area contributed by atoms with E-state index in [0.717, 1.165) is 5.75 Å². The molecule has 0 aliphatic heterocycles. The molecule has 0 saturated carbocycles. The summed E-state index contributed by atoms with van der Waals surface area (Å²) >= 11 is 1.57. The van der Waals surface area contributed by atoms with Gasteiger partial charge >= 0.3 is 6.18 Å². The first-order chi connectivity index (χ1) is 11.1. The van der Waals surface area contributed by atoms with E-state index < -0.39 is 30.6 Å². The van der Waals surface area contributed by atoms with Crippen LogP contribution in [-0.2, 0) is 4.79 Å².